The standard InChI is InChI=1S/C10H14O/c1-8(2)9-5-6-10(3,4)11-7-9/h5-7H,1H2,2-4H3. The molecule has 1 aliphatic rings. The summed E-state index contributed by atoms with van der Waals surface area (Å²) in [6.07, 6.45) is 5.85. The van der Waals surface area contributed by atoms with Crippen LogP contribution in [0.25, 0.3) is 0 Å². The minimum atomic E-state index is -0.154. The minimum Gasteiger partial charge on any atom is -0.491 e. The van der Waals surface area contributed by atoms with E-state index < -0.39 is 0 Å². The summed E-state index contributed by atoms with van der Waals surface area (Å²) in [5, 5.41) is 0. The predicted molar refractivity (Wildman–Crippen MR) is 47.2 cm³/mol. The predicted octanol–water partition coefficient (Wildman–Crippen LogP) is 2.81. The number of ether oxygens (including phenoxy) is 1. The summed E-state index contributed by atoms with van der Waals surface area (Å²) in [6, 6.07) is 0. The Kier molecular flexibility index (Phi) is 1.90. The molecule has 0 N–H and O–H groups in total. The SMILES string of the molecule is C=C(C)C1=COC(C)(C)C=C1. The molecule has 1 heterocycles. The van der Waals surface area contributed by atoms with Gasteiger partial charge in [0.15, 0.2) is 0 Å². The molecule has 0 aromatic rings. The summed E-state index contributed by atoms with van der Waals surface area (Å²) < 4.78 is 5.43. The van der Waals surface area contributed by atoms with Crippen LogP contribution in [-0.4, -0.2) is 5.60 Å². The van der Waals surface area contributed by atoms with Gasteiger partial charge in [0, 0.05) is 5.57 Å². The second kappa shape index (κ2) is 2.57. The molecule has 0 saturated carbocycles. The summed E-state index contributed by atoms with van der Waals surface area (Å²) in [5.41, 5.74) is 1.96. The first-order valence-electron chi connectivity index (χ1n) is 3.74. The molecule has 1 heteroatoms. The number of allylic oxidation sites excluding steroid dienone is 3. The lowest BCUT2D eigenvalue weighted by Crippen LogP contribution is -2.20. The average Bonchev–Trinajstić information content (AvgIpc) is 1.86. The van der Waals surface area contributed by atoms with Crippen molar-refractivity contribution in [2.24, 2.45) is 0 Å². The van der Waals surface area contributed by atoms with Crippen molar-refractivity contribution in [3.05, 3.63) is 36.1 Å². The molecule has 0 saturated heterocycles. The van der Waals surface area contributed by atoms with Gasteiger partial charge < -0.3 is 4.74 Å². The lowest BCUT2D eigenvalue weighted by Gasteiger charge is -2.24. The van der Waals surface area contributed by atoms with Crippen LogP contribution in [0.3, 0.4) is 0 Å². The van der Waals surface area contributed by atoms with Crippen molar-refractivity contribution in [3.8, 4) is 0 Å². The van der Waals surface area contributed by atoms with Crippen molar-refractivity contribution < 1.29 is 4.74 Å². The second-order valence-electron chi connectivity index (χ2n) is 3.41. The van der Waals surface area contributed by atoms with Gasteiger partial charge in [-0.05, 0) is 32.4 Å². The van der Waals surface area contributed by atoms with Crippen molar-refractivity contribution in [1.82, 2.24) is 0 Å². The highest BCUT2D eigenvalue weighted by Crippen LogP contribution is 2.22. The fraction of sp³-hybridized carbons (Fsp3) is 0.400. The summed E-state index contributed by atoms with van der Waals surface area (Å²) in [7, 11) is 0. The molecule has 0 atom stereocenters. The van der Waals surface area contributed by atoms with Crippen LogP contribution >= 0.6 is 0 Å². The summed E-state index contributed by atoms with van der Waals surface area (Å²) in [5.74, 6) is 0. The first-order valence-corrected chi connectivity index (χ1v) is 3.74. The van der Waals surface area contributed by atoms with Gasteiger partial charge in [-0.15, -0.1) is 0 Å². The molecule has 0 unspecified atom stereocenters. The van der Waals surface area contributed by atoms with Gasteiger partial charge in [-0.25, -0.2) is 0 Å². The van der Waals surface area contributed by atoms with E-state index in [4.69, 9.17) is 4.74 Å². The van der Waals surface area contributed by atoms with E-state index in [1.54, 1.807) is 6.26 Å². The fourth-order valence-electron chi connectivity index (χ4n) is 0.827. The highest BCUT2D eigenvalue weighted by Gasteiger charge is 2.16. The first-order chi connectivity index (χ1) is 5.01. The van der Waals surface area contributed by atoms with Crippen LogP contribution in [-0.2, 0) is 4.74 Å². The van der Waals surface area contributed by atoms with Crippen LogP contribution in [0, 0.1) is 0 Å². The first kappa shape index (κ1) is 8.12. The van der Waals surface area contributed by atoms with E-state index in [2.05, 4.69) is 6.58 Å². The van der Waals surface area contributed by atoms with Crippen molar-refractivity contribution in [3.63, 3.8) is 0 Å². The summed E-state index contributed by atoms with van der Waals surface area (Å²) in [6.45, 7) is 9.84. The molecule has 11 heavy (non-hydrogen) atoms. The van der Waals surface area contributed by atoms with E-state index in [1.165, 1.54) is 0 Å². The molecule has 1 nitrogen and oxygen atoms in total. The van der Waals surface area contributed by atoms with Gasteiger partial charge in [-0.3, -0.25) is 0 Å². The van der Waals surface area contributed by atoms with Crippen LogP contribution < -0.4 is 0 Å². The van der Waals surface area contributed by atoms with Gasteiger partial charge >= 0.3 is 0 Å². The van der Waals surface area contributed by atoms with E-state index >= 15 is 0 Å². The van der Waals surface area contributed by atoms with Gasteiger partial charge in [0.2, 0.25) is 0 Å². The molecule has 0 fully saturated rings. The molecule has 60 valence electrons. The third kappa shape index (κ3) is 1.97. The van der Waals surface area contributed by atoms with Crippen molar-refractivity contribution >= 4 is 0 Å². The molecule has 1 rings (SSSR count). The Balaban J connectivity index is 2.75. The van der Waals surface area contributed by atoms with E-state index in [-0.39, 0.29) is 5.60 Å². The third-order valence-corrected chi connectivity index (χ3v) is 1.65. The van der Waals surface area contributed by atoms with E-state index in [1.807, 2.05) is 32.9 Å². The zero-order valence-corrected chi connectivity index (χ0v) is 7.35. The Hall–Kier alpha value is -0.980. The monoisotopic (exact) mass is 150 g/mol. The van der Waals surface area contributed by atoms with E-state index in [0.717, 1.165) is 11.1 Å². The Morgan fingerprint density at radius 2 is 2.18 bits per heavy atom. The molecule has 0 spiro atoms. The Bertz CT molecular complexity index is 231. The second-order valence-corrected chi connectivity index (χ2v) is 3.41. The molecule has 0 bridgehead atoms. The van der Waals surface area contributed by atoms with Crippen LogP contribution in [0.1, 0.15) is 20.8 Å². The Morgan fingerprint density at radius 1 is 1.55 bits per heavy atom. The van der Waals surface area contributed by atoms with Crippen LogP contribution in [0.15, 0.2) is 36.1 Å². The Labute approximate surface area is 68.1 Å². The van der Waals surface area contributed by atoms with Crippen LogP contribution in [0.2, 0.25) is 0 Å². The maximum absolute atomic E-state index is 5.43. The summed E-state index contributed by atoms with van der Waals surface area (Å²) in [4.78, 5) is 0. The van der Waals surface area contributed by atoms with Crippen LogP contribution in [0.5, 0.6) is 0 Å². The van der Waals surface area contributed by atoms with Crippen molar-refractivity contribution in [2.75, 3.05) is 0 Å². The number of hydrogen-bond acceptors (Lipinski definition) is 1. The van der Waals surface area contributed by atoms with Crippen LogP contribution in [0.4, 0.5) is 0 Å². The van der Waals surface area contributed by atoms with E-state index in [9.17, 15) is 0 Å². The van der Waals surface area contributed by atoms with E-state index in [0.29, 0.717) is 0 Å². The minimum absolute atomic E-state index is 0.154. The molecule has 0 aromatic heterocycles. The summed E-state index contributed by atoms with van der Waals surface area (Å²) >= 11 is 0. The molecule has 0 radical (unpaired) electrons. The zero-order valence-electron chi connectivity index (χ0n) is 7.35. The highest BCUT2D eigenvalue weighted by atomic mass is 16.5. The maximum Gasteiger partial charge on any atom is 0.121 e. The number of rotatable bonds is 1. The normalized spacial score (nSPS) is 20.5. The smallest absolute Gasteiger partial charge is 0.121 e. The quantitative estimate of drug-likeness (QED) is 0.558. The fourth-order valence-corrected chi connectivity index (χ4v) is 0.827. The van der Waals surface area contributed by atoms with Crippen molar-refractivity contribution in [2.45, 2.75) is 26.4 Å². The topological polar surface area (TPSA) is 9.23 Å². The molecule has 0 aliphatic carbocycles. The number of hydrogen-bond donors (Lipinski definition) is 0. The van der Waals surface area contributed by atoms with Gasteiger partial charge in [0.1, 0.15) is 5.60 Å². The molecular formula is C10H14O. The average molecular weight is 150 g/mol. The van der Waals surface area contributed by atoms with Gasteiger partial charge in [0.25, 0.3) is 0 Å². The molecule has 0 aromatic carbocycles. The highest BCUT2D eigenvalue weighted by molar-refractivity contribution is 5.37. The Morgan fingerprint density at radius 3 is 2.55 bits per heavy atom. The van der Waals surface area contributed by atoms with Gasteiger partial charge in [-0.2, -0.15) is 0 Å². The largest absolute Gasteiger partial charge is 0.491 e. The molecule has 0 amide bonds. The lowest BCUT2D eigenvalue weighted by atomic mass is 10.0. The van der Waals surface area contributed by atoms with Crippen molar-refractivity contribution in [1.29, 1.82) is 0 Å². The molecular weight excluding hydrogens is 136 g/mol. The van der Waals surface area contributed by atoms with Gasteiger partial charge in [0.05, 0.1) is 6.26 Å². The molecule has 1 aliphatic heterocycles. The zero-order chi connectivity index (χ0) is 8.48. The maximum atomic E-state index is 5.43. The lowest BCUT2D eigenvalue weighted by molar-refractivity contribution is 0.100. The third-order valence-electron chi connectivity index (χ3n) is 1.65. The van der Waals surface area contributed by atoms with Gasteiger partial charge in [-0.1, -0.05) is 12.7 Å².